The fourth-order valence-electron chi connectivity index (χ4n) is 0.589. The predicted octanol–water partition coefficient (Wildman–Crippen LogP) is -1.83. The molecule has 1 heterocycles. The zero-order valence-electron chi connectivity index (χ0n) is 4.57. The molecule has 0 aromatic carbocycles. The average molecular weight is 132 g/mol. The van der Waals surface area contributed by atoms with Crippen molar-refractivity contribution in [3.8, 4) is 0 Å². The van der Waals surface area contributed by atoms with E-state index in [9.17, 15) is 0 Å². The molecule has 1 rings (SSSR count). The summed E-state index contributed by atoms with van der Waals surface area (Å²) in [5.41, 5.74) is 0. The fourth-order valence-corrected chi connectivity index (χ4v) is 0.589. The van der Waals surface area contributed by atoms with E-state index in [1.807, 2.05) is 0 Å². The quantitative estimate of drug-likeness (QED) is 0.268. The lowest BCUT2D eigenvalue weighted by Gasteiger charge is -2.22. The van der Waals surface area contributed by atoms with Gasteiger partial charge >= 0.3 is 0 Å². The molecule has 0 aromatic heterocycles. The lowest BCUT2D eigenvalue weighted by molar-refractivity contribution is 0.0239. The van der Waals surface area contributed by atoms with Crippen LogP contribution in [-0.4, -0.2) is 27.9 Å². The molecule has 0 bridgehead atoms. The van der Waals surface area contributed by atoms with Crippen LogP contribution in [-0.2, 0) is 0 Å². The van der Waals surface area contributed by atoms with Crippen molar-refractivity contribution in [1.29, 1.82) is 0 Å². The third kappa shape index (κ3) is 1.56. The first kappa shape index (κ1) is 6.34. The van der Waals surface area contributed by atoms with Crippen molar-refractivity contribution in [2.75, 3.05) is 0 Å². The maximum absolute atomic E-state index is 8.70. The molecule has 1 aliphatic rings. The van der Waals surface area contributed by atoms with E-state index < -0.39 is 12.6 Å². The van der Waals surface area contributed by atoms with Gasteiger partial charge in [0.05, 0.1) is 0 Å². The van der Waals surface area contributed by atoms with Gasteiger partial charge in [0.2, 0.25) is 0 Å². The average Bonchev–Trinajstić information content (AvgIpc) is 1.59. The SMILES string of the molecule is OC1=CC(O)NC(O)N1. The van der Waals surface area contributed by atoms with Crippen LogP contribution < -0.4 is 10.6 Å². The van der Waals surface area contributed by atoms with Crippen molar-refractivity contribution in [2.45, 2.75) is 12.6 Å². The Kier molecular flexibility index (Phi) is 1.56. The number of hydrogen-bond donors (Lipinski definition) is 5. The largest absolute Gasteiger partial charge is 0.495 e. The summed E-state index contributed by atoms with van der Waals surface area (Å²) in [4.78, 5) is 0. The minimum atomic E-state index is -1.08. The zero-order chi connectivity index (χ0) is 6.85. The van der Waals surface area contributed by atoms with Gasteiger partial charge in [-0.05, 0) is 0 Å². The zero-order valence-corrected chi connectivity index (χ0v) is 4.57. The standard InChI is InChI=1S/C4H8N2O3/c7-2-1-3(8)6-4(9)5-2/h1-2,4-9H. The van der Waals surface area contributed by atoms with Crippen molar-refractivity contribution < 1.29 is 15.3 Å². The molecule has 0 fully saturated rings. The Morgan fingerprint density at radius 3 is 2.56 bits per heavy atom. The second-order valence-corrected chi connectivity index (χ2v) is 1.71. The highest BCUT2D eigenvalue weighted by Crippen LogP contribution is 1.94. The van der Waals surface area contributed by atoms with Crippen LogP contribution in [0.3, 0.4) is 0 Å². The summed E-state index contributed by atoms with van der Waals surface area (Å²) in [5, 5.41) is 30.5. The van der Waals surface area contributed by atoms with E-state index in [-0.39, 0.29) is 5.88 Å². The number of hydrogen-bond acceptors (Lipinski definition) is 5. The van der Waals surface area contributed by atoms with Gasteiger partial charge in [0.15, 0.2) is 12.2 Å². The molecule has 0 aromatic rings. The summed E-state index contributed by atoms with van der Waals surface area (Å²) in [6.07, 6.45) is -0.932. The summed E-state index contributed by atoms with van der Waals surface area (Å²) in [6, 6.07) is 0. The van der Waals surface area contributed by atoms with Crippen LogP contribution >= 0.6 is 0 Å². The van der Waals surface area contributed by atoms with Crippen LogP contribution in [0, 0.1) is 0 Å². The van der Waals surface area contributed by atoms with Gasteiger partial charge in [-0.15, -0.1) is 0 Å². The van der Waals surface area contributed by atoms with E-state index in [0.29, 0.717) is 0 Å². The number of aliphatic hydroxyl groups excluding tert-OH is 3. The Morgan fingerprint density at radius 2 is 2.11 bits per heavy atom. The molecule has 0 amide bonds. The van der Waals surface area contributed by atoms with Gasteiger partial charge in [0.25, 0.3) is 0 Å². The molecule has 2 unspecified atom stereocenters. The van der Waals surface area contributed by atoms with Gasteiger partial charge in [0.1, 0.15) is 6.23 Å². The molecule has 0 radical (unpaired) electrons. The molecule has 1 aliphatic heterocycles. The van der Waals surface area contributed by atoms with Crippen molar-refractivity contribution in [2.24, 2.45) is 0 Å². The summed E-state index contributed by atoms with van der Waals surface area (Å²) in [6.45, 7) is 0. The van der Waals surface area contributed by atoms with E-state index in [0.717, 1.165) is 6.08 Å². The maximum Gasteiger partial charge on any atom is 0.187 e. The summed E-state index contributed by atoms with van der Waals surface area (Å²) < 4.78 is 0. The second kappa shape index (κ2) is 2.22. The summed E-state index contributed by atoms with van der Waals surface area (Å²) in [7, 11) is 0. The molecule has 52 valence electrons. The van der Waals surface area contributed by atoms with Crippen molar-refractivity contribution in [3.05, 3.63) is 12.0 Å². The normalized spacial score (nSPS) is 35.1. The van der Waals surface area contributed by atoms with E-state index in [1.165, 1.54) is 0 Å². The molecule has 2 atom stereocenters. The molecular formula is C4H8N2O3. The van der Waals surface area contributed by atoms with Crippen LogP contribution in [0.5, 0.6) is 0 Å². The Bertz CT molecular complexity index is 136. The van der Waals surface area contributed by atoms with Gasteiger partial charge in [-0.2, -0.15) is 0 Å². The van der Waals surface area contributed by atoms with Crippen molar-refractivity contribution in [3.63, 3.8) is 0 Å². The second-order valence-electron chi connectivity index (χ2n) is 1.71. The van der Waals surface area contributed by atoms with Crippen molar-refractivity contribution >= 4 is 0 Å². The first-order chi connectivity index (χ1) is 4.18. The first-order valence-corrected chi connectivity index (χ1v) is 2.48. The minimum absolute atomic E-state index is 0.228. The van der Waals surface area contributed by atoms with Crippen LogP contribution in [0.2, 0.25) is 0 Å². The third-order valence-electron chi connectivity index (χ3n) is 0.929. The highest BCUT2D eigenvalue weighted by atomic mass is 16.3. The van der Waals surface area contributed by atoms with E-state index in [1.54, 1.807) is 0 Å². The molecule has 5 N–H and O–H groups in total. The fraction of sp³-hybridized carbons (Fsp3) is 0.500. The third-order valence-corrected chi connectivity index (χ3v) is 0.929. The summed E-state index contributed by atoms with van der Waals surface area (Å²) in [5.74, 6) is -0.228. The van der Waals surface area contributed by atoms with E-state index in [4.69, 9.17) is 15.3 Å². The van der Waals surface area contributed by atoms with E-state index >= 15 is 0 Å². The Morgan fingerprint density at radius 1 is 1.44 bits per heavy atom. The Hall–Kier alpha value is -0.780. The smallest absolute Gasteiger partial charge is 0.187 e. The maximum atomic E-state index is 8.70. The Labute approximate surface area is 51.6 Å². The number of aliphatic hydroxyl groups is 3. The van der Waals surface area contributed by atoms with Crippen LogP contribution in [0.25, 0.3) is 0 Å². The topological polar surface area (TPSA) is 84.8 Å². The monoisotopic (exact) mass is 132 g/mol. The van der Waals surface area contributed by atoms with E-state index in [2.05, 4.69) is 10.6 Å². The predicted molar refractivity (Wildman–Crippen MR) is 29.0 cm³/mol. The molecule has 0 spiro atoms. The van der Waals surface area contributed by atoms with Crippen molar-refractivity contribution in [1.82, 2.24) is 10.6 Å². The highest BCUT2D eigenvalue weighted by molar-refractivity contribution is 4.97. The molecule has 9 heavy (non-hydrogen) atoms. The minimum Gasteiger partial charge on any atom is -0.495 e. The highest BCUT2D eigenvalue weighted by Gasteiger charge is 2.14. The number of nitrogens with one attached hydrogen (secondary N) is 2. The lowest BCUT2D eigenvalue weighted by atomic mass is 10.4. The summed E-state index contributed by atoms with van der Waals surface area (Å²) >= 11 is 0. The molecule has 0 saturated heterocycles. The van der Waals surface area contributed by atoms with Crippen LogP contribution in [0.1, 0.15) is 0 Å². The van der Waals surface area contributed by atoms with Gasteiger partial charge in [0, 0.05) is 6.08 Å². The first-order valence-electron chi connectivity index (χ1n) is 2.48. The van der Waals surface area contributed by atoms with Gasteiger partial charge in [-0.3, -0.25) is 0 Å². The number of rotatable bonds is 0. The molecule has 0 aliphatic carbocycles. The van der Waals surface area contributed by atoms with Gasteiger partial charge in [-0.1, -0.05) is 0 Å². The molecular weight excluding hydrogens is 124 g/mol. The van der Waals surface area contributed by atoms with Crippen LogP contribution in [0.4, 0.5) is 0 Å². The lowest BCUT2D eigenvalue weighted by Crippen LogP contribution is -2.50. The molecule has 5 heteroatoms. The van der Waals surface area contributed by atoms with Gasteiger partial charge < -0.3 is 20.6 Å². The van der Waals surface area contributed by atoms with Crippen LogP contribution in [0.15, 0.2) is 12.0 Å². The molecule has 5 nitrogen and oxygen atoms in total. The Balaban J connectivity index is 2.56. The van der Waals surface area contributed by atoms with Gasteiger partial charge in [-0.25, -0.2) is 5.32 Å². The molecule has 0 saturated carbocycles.